The number of aromatic nitrogens is 2. The van der Waals surface area contributed by atoms with Gasteiger partial charge < -0.3 is 10.2 Å². The molecule has 0 amide bonds. The third-order valence-electron chi connectivity index (χ3n) is 3.14. The van der Waals surface area contributed by atoms with E-state index in [4.69, 9.17) is 0 Å². The Morgan fingerprint density at radius 2 is 1.86 bits per heavy atom. The summed E-state index contributed by atoms with van der Waals surface area (Å²) in [7, 11) is 0. The summed E-state index contributed by atoms with van der Waals surface area (Å²) in [5.74, 6) is 0.300. The number of halogens is 3. The second kappa shape index (κ2) is 5.79. The van der Waals surface area contributed by atoms with Gasteiger partial charge in [-0.1, -0.05) is 0 Å². The number of hydrogen-bond donors (Lipinski definition) is 1. The third-order valence-corrected chi connectivity index (χ3v) is 3.14. The standard InChI is InChI=1S/C14H21F3N4/c1-13(2,3)18-8-10-4-7-12(20-19-10)21(11-5-6-11)9-14(15,16)17/h4,7,11,18H,5-6,8-9H2,1-3H3. The lowest BCUT2D eigenvalue weighted by atomic mass is 10.1. The number of alkyl halides is 3. The highest BCUT2D eigenvalue weighted by molar-refractivity contribution is 5.40. The van der Waals surface area contributed by atoms with Gasteiger partial charge >= 0.3 is 6.18 Å². The van der Waals surface area contributed by atoms with Gasteiger partial charge in [-0.05, 0) is 45.7 Å². The average Bonchev–Trinajstić information content (AvgIpc) is 3.16. The molecule has 1 aromatic heterocycles. The molecule has 7 heteroatoms. The highest BCUT2D eigenvalue weighted by atomic mass is 19.4. The van der Waals surface area contributed by atoms with Crippen molar-refractivity contribution in [3.05, 3.63) is 17.8 Å². The first-order valence-electron chi connectivity index (χ1n) is 7.05. The lowest BCUT2D eigenvalue weighted by Gasteiger charge is -2.24. The van der Waals surface area contributed by atoms with E-state index < -0.39 is 12.7 Å². The van der Waals surface area contributed by atoms with Crippen LogP contribution in [0, 0.1) is 0 Å². The molecule has 0 spiro atoms. The highest BCUT2D eigenvalue weighted by Crippen LogP contribution is 2.33. The van der Waals surface area contributed by atoms with Crippen LogP contribution in [0.5, 0.6) is 0 Å². The van der Waals surface area contributed by atoms with Crippen LogP contribution in [0.3, 0.4) is 0 Å². The molecule has 0 radical (unpaired) electrons. The van der Waals surface area contributed by atoms with Gasteiger partial charge in [0.2, 0.25) is 0 Å². The first-order chi connectivity index (χ1) is 9.64. The number of rotatable bonds is 5. The van der Waals surface area contributed by atoms with Crippen molar-refractivity contribution in [2.45, 2.75) is 57.9 Å². The Labute approximate surface area is 122 Å². The highest BCUT2D eigenvalue weighted by Gasteiger charge is 2.38. The summed E-state index contributed by atoms with van der Waals surface area (Å²) in [4.78, 5) is 1.30. The van der Waals surface area contributed by atoms with Crippen molar-refractivity contribution in [1.82, 2.24) is 15.5 Å². The lowest BCUT2D eigenvalue weighted by molar-refractivity contribution is -0.120. The second-order valence-corrected chi connectivity index (χ2v) is 6.46. The van der Waals surface area contributed by atoms with Crippen molar-refractivity contribution in [3.8, 4) is 0 Å². The van der Waals surface area contributed by atoms with Crippen LogP contribution < -0.4 is 10.2 Å². The number of nitrogens with zero attached hydrogens (tertiary/aromatic N) is 3. The maximum Gasteiger partial charge on any atom is 0.405 e. The maximum absolute atomic E-state index is 12.6. The van der Waals surface area contributed by atoms with Crippen LogP contribution in [0.4, 0.5) is 19.0 Å². The number of nitrogens with one attached hydrogen (secondary N) is 1. The molecule has 1 N–H and O–H groups in total. The van der Waals surface area contributed by atoms with E-state index in [0.29, 0.717) is 12.4 Å². The molecule has 0 aromatic carbocycles. The fourth-order valence-corrected chi connectivity index (χ4v) is 1.93. The Morgan fingerprint density at radius 3 is 2.29 bits per heavy atom. The minimum absolute atomic E-state index is 0.0450. The van der Waals surface area contributed by atoms with Gasteiger partial charge in [-0.15, -0.1) is 5.10 Å². The fourth-order valence-electron chi connectivity index (χ4n) is 1.93. The zero-order valence-electron chi connectivity index (χ0n) is 12.5. The van der Waals surface area contributed by atoms with E-state index in [0.717, 1.165) is 18.5 Å². The maximum atomic E-state index is 12.6. The molecule has 0 saturated heterocycles. The molecule has 0 unspecified atom stereocenters. The van der Waals surface area contributed by atoms with E-state index in [1.807, 2.05) is 20.8 Å². The molecule has 4 nitrogen and oxygen atoms in total. The van der Waals surface area contributed by atoms with Crippen LogP contribution in [0.2, 0.25) is 0 Å². The minimum atomic E-state index is -4.23. The van der Waals surface area contributed by atoms with Gasteiger partial charge in [0.05, 0.1) is 5.69 Å². The summed E-state index contributed by atoms with van der Waals surface area (Å²) in [6.45, 7) is 5.68. The molecule has 1 saturated carbocycles. The molecule has 0 bridgehead atoms. The molecular formula is C14H21F3N4. The molecule has 1 heterocycles. The third kappa shape index (κ3) is 5.49. The molecule has 21 heavy (non-hydrogen) atoms. The summed E-state index contributed by atoms with van der Waals surface area (Å²) in [6.07, 6.45) is -2.66. The molecule has 1 aliphatic rings. The monoisotopic (exact) mass is 302 g/mol. The summed E-state index contributed by atoms with van der Waals surface area (Å²) in [5, 5.41) is 11.2. The second-order valence-electron chi connectivity index (χ2n) is 6.46. The van der Waals surface area contributed by atoms with Crippen molar-refractivity contribution >= 4 is 5.82 Å². The van der Waals surface area contributed by atoms with E-state index in [1.165, 1.54) is 4.90 Å². The predicted molar refractivity (Wildman–Crippen MR) is 75.0 cm³/mol. The normalized spacial score (nSPS) is 16.1. The summed E-state index contributed by atoms with van der Waals surface area (Å²) < 4.78 is 37.8. The van der Waals surface area contributed by atoms with E-state index in [1.54, 1.807) is 12.1 Å². The average molecular weight is 302 g/mol. The Bertz CT molecular complexity index is 461. The van der Waals surface area contributed by atoms with Gasteiger partial charge in [0.15, 0.2) is 5.82 Å². The Balaban J connectivity index is 2.02. The smallest absolute Gasteiger partial charge is 0.343 e. The van der Waals surface area contributed by atoms with Gasteiger partial charge in [-0.25, -0.2) is 0 Å². The SMILES string of the molecule is CC(C)(C)NCc1ccc(N(CC(F)(F)F)C2CC2)nn1. The van der Waals surface area contributed by atoms with Crippen LogP contribution in [0.1, 0.15) is 39.3 Å². The van der Waals surface area contributed by atoms with Crippen LogP contribution >= 0.6 is 0 Å². The van der Waals surface area contributed by atoms with Crippen molar-refractivity contribution in [2.75, 3.05) is 11.4 Å². The van der Waals surface area contributed by atoms with Crippen LogP contribution in [-0.4, -0.2) is 34.5 Å². The number of anilines is 1. The molecule has 1 aromatic rings. The van der Waals surface area contributed by atoms with Crippen LogP contribution in [-0.2, 0) is 6.54 Å². The van der Waals surface area contributed by atoms with E-state index >= 15 is 0 Å². The zero-order chi connectivity index (χ0) is 15.7. The van der Waals surface area contributed by atoms with Gasteiger partial charge in [0, 0.05) is 18.1 Å². The minimum Gasteiger partial charge on any atom is -0.343 e. The molecule has 1 fully saturated rings. The summed E-state index contributed by atoms with van der Waals surface area (Å²) in [5.41, 5.74) is 0.674. The van der Waals surface area contributed by atoms with Gasteiger partial charge in [-0.3, -0.25) is 0 Å². The van der Waals surface area contributed by atoms with Gasteiger partial charge in [-0.2, -0.15) is 18.3 Å². The first kappa shape index (κ1) is 16.0. The number of hydrogen-bond acceptors (Lipinski definition) is 4. The largest absolute Gasteiger partial charge is 0.405 e. The van der Waals surface area contributed by atoms with Gasteiger partial charge in [0.25, 0.3) is 0 Å². The van der Waals surface area contributed by atoms with Crippen molar-refractivity contribution < 1.29 is 13.2 Å². The first-order valence-corrected chi connectivity index (χ1v) is 7.05. The predicted octanol–water partition coefficient (Wildman–Crippen LogP) is 2.90. The molecule has 0 aliphatic heterocycles. The van der Waals surface area contributed by atoms with Crippen molar-refractivity contribution in [1.29, 1.82) is 0 Å². The summed E-state index contributed by atoms with van der Waals surface area (Å²) >= 11 is 0. The lowest BCUT2D eigenvalue weighted by Crippen LogP contribution is -2.37. The Kier molecular flexibility index (Phi) is 4.41. The molecular weight excluding hydrogens is 281 g/mol. The zero-order valence-corrected chi connectivity index (χ0v) is 12.5. The molecule has 1 aliphatic carbocycles. The Morgan fingerprint density at radius 1 is 1.19 bits per heavy atom. The van der Waals surface area contributed by atoms with E-state index in [-0.39, 0.29) is 11.6 Å². The van der Waals surface area contributed by atoms with E-state index in [2.05, 4.69) is 15.5 Å². The summed E-state index contributed by atoms with van der Waals surface area (Å²) in [6, 6.07) is 3.29. The van der Waals surface area contributed by atoms with Crippen molar-refractivity contribution in [3.63, 3.8) is 0 Å². The quantitative estimate of drug-likeness (QED) is 0.908. The topological polar surface area (TPSA) is 41.0 Å². The van der Waals surface area contributed by atoms with E-state index in [9.17, 15) is 13.2 Å². The van der Waals surface area contributed by atoms with Crippen LogP contribution in [0.25, 0.3) is 0 Å². The Hall–Kier alpha value is -1.37. The molecule has 0 atom stereocenters. The van der Waals surface area contributed by atoms with Gasteiger partial charge in [0.1, 0.15) is 6.54 Å². The molecule has 2 rings (SSSR count). The van der Waals surface area contributed by atoms with Crippen molar-refractivity contribution in [2.24, 2.45) is 0 Å². The molecule has 118 valence electrons. The fraction of sp³-hybridized carbons (Fsp3) is 0.714. The van der Waals surface area contributed by atoms with Crippen LogP contribution in [0.15, 0.2) is 12.1 Å².